The molecule has 154 valence electrons. The molecule has 0 atom stereocenters. The Balaban J connectivity index is 1.69. The lowest BCUT2D eigenvalue weighted by molar-refractivity contribution is -0.137. The van der Waals surface area contributed by atoms with Gasteiger partial charge in [0.25, 0.3) is 11.8 Å². The van der Waals surface area contributed by atoms with Gasteiger partial charge in [-0.05, 0) is 55.0 Å². The fraction of sp³-hybridized carbons (Fsp3) is 0.143. The first-order valence-electron chi connectivity index (χ1n) is 8.94. The normalized spacial score (nSPS) is 14.8. The van der Waals surface area contributed by atoms with Crippen molar-refractivity contribution in [1.29, 1.82) is 0 Å². The summed E-state index contributed by atoms with van der Waals surface area (Å²) >= 11 is 6.32. The summed E-state index contributed by atoms with van der Waals surface area (Å²) < 4.78 is 5.63. The molecular formula is C21H18N2O5S2. The van der Waals surface area contributed by atoms with E-state index in [0.29, 0.717) is 21.8 Å². The maximum atomic E-state index is 12.7. The number of thioether (sulfide) groups is 1. The maximum Gasteiger partial charge on any atom is 0.306 e. The summed E-state index contributed by atoms with van der Waals surface area (Å²) in [5, 5.41) is 9.74. The highest BCUT2D eigenvalue weighted by Crippen LogP contribution is 2.32. The van der Waals surface area contributed by atoms with Crippen molar-refractivity contribution in [1.82, 2.24) is 10.4 Å². The van der Waals surface area contributed by atoms with Crippen molar-refractivity contribution in [2.75, 3.05) is 6.61 Å². The zero-order valence-corrected chi connectivity index (χ0v) is 17.6. The fourth-order valence-corrected chi connectivity index (χ4v) is 3.72. The number of rotatable bonds is 7. The van der Waals surface area contributed by atoms with Crippen LogP contribution in [0.2, 0.25) is 0 Å². The van der Waals surface area contributed by atoms with E-state index in [4.69, 9.17) is 22.1 Å². The van der Waals surface area contributed by atoms with E-state index in [9.17, 15) is 14.4 Å². The molecule has 1 saturated heterocycles. The van der Waals surface area contributed by atoms with E-state index in [-0.39, 0.29) is 17.3 Å². The number of ether oxygens (including phenoxy) is 1. The second-order valence-corrected chi connectivity index (χ2v) is 8.06. The van der Waals surface area contributed by atoms with Gasteiger partial charge in [-0.25, -0.2) is 0 Å². The molecule has 7 nitrogen and oxygen atoms in total. The molecule has 0 aliphatic carbocycles. The van der Waals surface area contributed by atoms with Crippen LogP contribution in [0.5, 0.6) is 5.75 Å². The predicted molar refractivity (Wildman–Crippen MR) is 118 cm³/mol. The number of carbonyl (C=O) groups excluding carboxylic acids is 2. The predicted octanol–water partition coefficient (Wildman–Crippen LogP) is 3.39. The van der Waals surface area contributed by atoms with Crippen molar-refractivity contribution < 1.29 is 24.2 Å². The molecular weight excluding hydrogens is 424 g/mol. The van der Waals surface area contributed by atoms with Gasteiger partial charge < -0.3 is 9.84 Å². The van der Waals surface area contributed by atoms with Gasteiger partial charge in [-0.1, -0.05) is 41.6 Å². The molecule has 30 heavy (non-hydrogen) atoms. The van der Waals surface area contributed by atoms with Crippen molar-refractivity contribution in [2.45, 2.75) is 13.3 Å². The maximum absolute atomic E-state index is 12.7. The van der Waals surface area contributed by atoms with E-state index in [1.54, 1.807) is 42.5 Å². The molecule has 0 bridgehead atoms. The molecule has 1 heterocycles. The SMILES string of the molecule is Cc1ccc(C(=O)NN2C(=O)/C(=C\c3cccc(OCCC(=O)O)c3)SC2=S)cc1. The second-order valence-electron chi connectivity index (χ2n) is 6.39. The van der Waals surface area contributed by atoms with E-state index in [1.165, 1.54) is 0 Å². The number of amides is 2. The van der Waals surface area contributed by atoms with Crippen LogP contribution in [0.25, 0.3) is 6.08 Å². The highest BCUT2D eigenvalue weighted by atomic mass is 32.2. The summed E-state index contributed by atoms with van der Waals surface area (Å²) in [6.07, 6.45) is 1.53. The number of hydrogen-bond acceptors (Lipinski definition) is 6. The third-order valence-electron chi connectivity index (χ3n) is 4.06. The first-order chi connectivity index (χ1) is 14.3. The van der Waals surface area contributed by atoms with Gasteiger partial charge in [0.15, 0.2) is 4.32 Å². The first-order valence-corrected chi connectivity index (χ1v) is 10.2. The molecule has 0 spiro atoms. The smallest absolute Gasteiger partial charge is 0.306 e. The van der Waals surface area contributed by atoms with Crippen LogP contribution in [-0.2, 0) is 9.59 Å². The highest BCUT2D eigenvalue weighted by Gasteiger charge is 2.33. The summed E-state index contributed by atoms with van der Waals surface area (Å²) in [5.41, 5.74) is 4.67. The minimum atomic E-state index is -0.942. The Kier molecular flexibility index (Phi) is 6.86. The number of nitrogens with zero attached hydrogens (tertiary/aromatic N) is 1. The molecule has 0 saturated carbocycles. The number of benzene rings is 2. The van der Waals surface area contributed by atoms with Crippen molar-refractivity contribution in [3.63, 3.8) is 0 Å². The van der Waals surface area contributed by atoms with Crippen LogP contribution in [0.4, 0.5) is 0 Å². The number of hydrazine groups is 1. The summed E-state index contributed by atoms with van der Waals surface area (Å²) in [5.74, 6) is -1.31. The molecule has 0 unspecified atom stereocenters. The number of aliphatic carboxylic acids is 1. The van der Waals surface area contributed by atoms with Crippen LogP contribution in [0.1, 0.15) is 27.9 Å². The Labute approximate surface area is 182 Å². The van der Waals surface area contributed by atoms with Gasteiger partial charge in [-0.3, -0.25) is 19.8 Å². The van der Waals surface area contributed by atoms with E-state index in [1.807, 2.05) is 19.1 Å². The van der Waals surface area contributed by atoms with Gasteiger partial charge in [0.2, 0.25) is 0 Å². The Bertz CT molecular complexity index is 1030. The Morgan fingerprint density at radius 2 is 1.97 bits per heavy atom. The Morgan fingerprint density at radius 1 is 1.23 bits per heavy atom. The number of carboxylic acid groups (broad SMARTS) is 1. The van der Waals surface area contributed by atoms with Crippen molar-refractivity contribution >= 4 is 52.2 Å². The van der Waals surface area contributed by atoms with Crippen LogP contribution in [0.3, 0.4) is 0 Å². The van der Waals surface area contributed by atoms with Crippen LogP contribution >= 0.6 is 24.0 Å². The average molecular weight is 443 g/mol. The lowest BCUT2D eigenvalue weighted by Gasteiger charge is -2.15. The van der Waals surface area contributed by atoms with Gasteiger partial charge in [0.1, 0.15) is 5.75 Å². The molecule has 2 amide bonds. The zero-order chi connectivity index (χ0) is 21.7. The topological polar surface area (TPSA) is 95.9 Å². The minimum absolute atomic E-state index is 0.0476. The fourth-order valence-electron chi connectivity index (χ4n) is 2.54. The van der Waals surface area contributed by atoms with Gasteiger partial charge in [0, 0.05) is 5.56 Å². The monoisotopic (exact) mass is 442 g/mol. The molecule has 2 aromatic carbocycles. The van der Waals surface area contributed by atoms with Crippen LogP contribution in [0.15, 0.2) is 53.4 Å². The third kappa shape index (κ3) is 5.46. The number of aryl methyl sites for hydroxylation is 1. The lowest BCUT2D eigenvalue weighted by Crippen LogP contribution is -2.44. The van der Waals surface area contributed by atoms with E-state index in [2.05, 4.69) is 5.43 Å². The Morgan fingerprint density at radius 3 is 2.67 bits per heavy atom. The summed E-state index contributed by atoms with van der Waals surface area (Å²) in [7, 11) is 0. The molecule has 0 radical (unpaired) electrons. The number of hydrogen-bond donors (Lipinski definition) is 2. The average Bonchev–Trinajstić information content (AvgIpc) is 2.96. The summed E-state index contributed by atoms with van der Waals surface area (Å²) in [6, 6.07) is 13.9. The first kappa shape index (κ1) is 21.5. The summed E-state index contributed by atoms with van der Waals surface area (Å²) in [4.78, 5) is 36.1. The molecule has 1 aliphatic heterocycles. The van der Waals surface area contributed by atoms with Crippen molar-refractivity contribution in [2.24, 2.45) is 0 Å². The van der Waals surface area contributed by atoms with Gasteiger partial charge >= 0.3 is 5.97 Å². The van der Waals surface area contributed by atoms with Gasteiger partial charge in [-0.15, -0.1) is 0 Å². The van der Waals surface area contributed by atoms with Gasteiger partial charge in [0.05, 0.1) is 17.9 Å². The third-order valence-corrected chi connectivity index (χ3v) is 5.36. The summed E-state index contributed by atoms with van der Waals surface area (Å²) in [6.45, 7) is 1.96. The molecule has 0 aromatic heterocycles. The van der Waals surface area contributed by atoms with Crippen LogP contribution in [-0.4, -0.2) is 38.8 Å². The van der Waals surface area contributed by atoms with Crippen molar-refractivity contribution in [3.05, 3.63) is 70.1 Å². The largest absolute Gasteiger partial charge is 0.493 e. The van der Waals surface area contributed by atoms with Crippen LogP contribution in [0, 0.1) is 6.92 Å². The number of nitrogens with one attached hydrogen (secondary N) is 1. The van der Waals surface area contributed by atoms with E-state index >= 15 is 0 Å². The van der Waals surface area contributed by atoms with E-state index in [0.717, 1.165) is 22.3 Å². The highest BCUT2D eigenvalue weighted by molar-refractivity contribution is 8.26. The molecule has 2 N–H and O–H groups in total. The van der Waals surface area contributed by atoms with E-state index < -0.39 is 17.8 Å². The van der Waals surface area contributed by atoms with Crippen LogP contribution < -0.4 is 10.2 Å². The number of thiocarbonyl (C=S) groups is 1. The lowest BCUT2D eigenvalue weighted by atomic mass is 10.1. The molecule has 3 rings (SSSR count). The molecule has 9 heteroatoms. The van der Waals surface area contributed by atoms with Gasteiger partial charge in [-0.2, -0.15) is 5.01 Å². The molecule has 2 aromatic rings. The molecule has 1 aliphatic rings. The quantitative estimate of drug-likeness (QED) is 0.501. The number of carboxylic acids is 1. The second kappa shape index (κ2) is 9.55. The standard InChI is InChI=1S/C21H18N2O5S2/c1-13-5-7-15(8-6-13)19(26)22-23-20(27)17(30-21(23)29)12-14-3-2-4-16(11-14)28-10-9-18(24)25/h2-8,11-12H,9-10H2,1H3,(H,22,26)(H,24,25)/b17-12+. The molecule has 1 fully saturated rings. The van der Waals surface area contributed by atoms with Crippen molar-refractivity contribution in [3.8, 4) is 5.75 Å². The number of carbonyl (C=O) groups is 3. The Hall–Kier alpha value is -3.17. The zero-order valence-electron chi connectivity index (χ0n) is 16.0. The minimum Gasteiger partial charge on any atom is -0.493 e.